The molecule has 1 fully saturated rings. The monoisotopic (exact) mass is 284 g/mol. The van der Waals surface area contributed by atoms with Crippen LogP contribution in [0.2, 0.25) is 0 Å². The van der Waals surface area contributed by atoms with Crippen molar-refractivity contribution in [2.75, 3.05) is 7.11 Å². The second kappa shape index (κ2) is 6.04. The summed E-state index contributed by atoms with van der Waals surface area (Å²) in [5.41, 5.74) is 5.24. The Morgan fingerprint density at radius 3 is 2.57 bits per heavy atom. The summed E-state index contributed by atoms with van der Waals surface area (Å²) in [5.74, 6) is 0. The van der Waals surface area contributed by atoms with Crippen molar-refractivity contribution in [1.29, 1.82) is 0 Å². The van der Waals surface area contributed by atoms with Crippen LogP contribution in [0, 0.1) is 13.8 Å². The molecule has 3 heteroatoms. The zero-order chi connectivity index (χ0) is 14.8. The van der Waals surface area contributed by atoms with Gasteiger partial charge >= 0.3 is 0 Å². The number of nitrogens with one attached hydrogen (secondary N) is 1. The number of nitrogens with zero attached hydrogens (tertiary/aromatic N) is 1. The first-order valence-electron chi connectivity index (χ1n) is 7.68. The van der Waals surface area contributed by atoms with Crippen molar-refractivity contribution in [3.05, 3.63) is 53.3 Å². The SMILES string of the molecule is COC1CC(NCc2cc(C)n(-c3ccccc3)c2C)C1. The molecule has 1 saturated carbocycles. The van der Waals surface area contributed by atoms with E-state index in [9.17, 15) is 0 Å². The molecular formula is C18H24N2O. The number of ether oxygens (including phenoxy) is 1. The Morgan fingerprint density at radius 2 is 1.90 bits per heavy atom. The van der Waals surface area contributed by atoms with Crippen molar-refractivity contribution in [3.8, 4) is 5.69 Å². The molecular weight excluding hydrogens is 260 g/mol. The van der Waals surface area contributed by atoms with Crippen LogP contribution in [0.3, 0.4) is 0 Å². The fourth-order valence-corrected chi connectivity index (χ4v) is 3.16. The van der Waals surface area contributed by atoms with Crippen LogP contribution in [0.15, 0.2) is 36.4 Å². The Hall–Kier alpha value is -1.58. The van der Waals surface area contributed by atoms with Crippen LogP contribution in [-0.2, 0) is 11.3 Å². The minimum absolute atomic E-state index is 0.458. The average molecular weight is 284 g/mol. The molecule has 0 spiro atoms. The van der Waals surface area contributed by atoms with Gasteiger partial charge in [0.15, 0.2) is 0 Å². The highest BCUT2D eigenvalue weighted by atomic mass is 16.5. The summed E-state index contributed by atoms with van der Waals surface area (Å²) in [6, 6.07) is 13.5. The maximum atomic E-state index is 5.33. The number of hydrogen-bond donors (Lipinski definition) is 1. The first-order chi connectivity index (χ1) is 10.2. The molecule has 1 aliphatic carbocycles. The Morgan fingerprint density at radius 1 is 1.19 bits per heavy atom. The predicted octanol–water partition coefficient (Wildman–Crippen LogP) is 3.36. The predicted molar refractivity (Wildman–Crippen MR) is 85.9 cm³/mol. The first kappa shape index (κ1) is 14.4. The number of hydrogen-bond acceptors (Lipinski definition) is 2. The van der Waals surface area contributed by atoms with Crippen LogP contribution in [0.1, 0.15) is 29.8 Å². The van der Waals surface area contributed by atoms with E-state index in [0.717, 1.165) is 19.4 Å². The molecule has 0 unspecified atom stereocenters. The van der Waals surface area contributed by atoms with Gasteiger partial charge in [0.05, 0.1) is 6.10 Å². The highest BCUT2D eigenvalue weighted by molar-refractivity contribution is 5.40. The Kier molecular flexibility index (Phi) is 4.13. The van der Waals surface area contributed by atoms with Gasteiger partial charge in [0, 0.05) is 36.8 Å². The summed E-state index contributed by atoms with van der Waals surface area (Å²) < 4.78 is 7.66. The van der Waals surface area contributed by atoms with E-state index in [1.807, 2.05) is 0 Å². The second-order valence-corrected chi connectivity index (χ2v) is 5.97. The molecule has 112 valence electrons. The first-order valence-corrected chi connectivity index (χ1v) is 7.68. The molecule has 2 aromatic rings. The summed E-state index contributed by atoms with van der Waals surface area (Å²) in [4.78, 5) is 0. The van der Waals surface area contributed by atoms with Crippen LogP contribution in [0.4, 0.5) is 0 Å². The summed E-state index contributed by atoms with van der Waals surface area (Å²) in [6.45, 7) is 5.32. The van der Waals surface area contributed by atoms with E-state index in [-0.39, 0.29) is 0 Å². The molecule has 1 aromatic heterocycles. The number of benzene rings is 1. The van der Waals surface area contributed by atoms with Gasteiger partial charge in [-0.05, 0) is 50.5 Å². The van der Waals surface area contributed by atoms with Crippen molar-refractivity contribution >= 4 is 0 Å². The van der Waals surface area contributed by atoms with E-state index in [4.69, 9.17) is 4.74 Å². The topological polar surface area (TPSA) is 26.2 Å². The second-order valence-electron chi connectivity index (χ2n) is 5.97. The van der Waals surface area contributed by atoms with Crippen molar-refractivity contribution < 1.29 is 4.74 Å². The van der Waals surface area contributed by atoms with E-state index in [2.05, 4.69) is 60.1 Å². The van der Waals surface area contributed by atoms with E-state index in [1.165, 1.54) is 22.6 Å². The molecule has 0 atom stereocenters. The van der Waals surface area contributed by atoms with Crippen LogP contribution in [0.5, 0.6) is 0 Å². The molecule has 1 aliphatic rings. The van der Waals surface area contributed by atoms with E-state index in [0.29, 0.717) is 12.1 Å². The largest absolute Gasteiger partial charge is 0.381 e. The third-order valence-corrected chi connectivity index (χ3v) is 4.56. The maximum absolute atomic E-state index is 5.33. The number of rotatable bonds is 5. The van der Waals surface area contributed by atoms with Gasteiger partial charge < -0.3 is 14.6 Å². The highest BCUT2D eigenvalue weighted by Crippen LogP contribution is 2.24. The van der Waals surface area contributed by atoms with E-state index in [1.54, 1.807) is 7.11 Å². The normalized spacial score (nSPS) is 21.3. The third-order valence-electron chi connectivity index (χ3n) is 4.56. The maximum Gasteiger partial charge on any atom is 0.0601 e. The molecule has 21 heavy (non-hydrogen) atoms. The highest BCUT2D eigenvalue weighted by Gasteiger charge is 2.28. The van der Waals surface area contributed by atoms with Gasteiger partial charge in [-0.2, -0.15) is 0 Å². The zero-order valence-electron chi connectivity index (χ0n) is 13.1. The Balaban J connectivity index is 1.70. The van der Waals surface area contributed by atoms with Gasteiger partial charge in [-0.3, -0.25) is 0 Å². The molecule has 3 rings (SSSR count). The summed E-state index contributed by atoms with van der Waals surface area (Å²) in [7, 11) is 1.80. The fourth-order valence-electron chi connectivity index (χ4n) is 3.16. The lowest BCUT2D eigenvalue weighted by molar-refractivity contribution is 0.0170. The third kappa shape index (κ3) is 2.89. The smallest absolute Gasteiger partial charge is 0.0601 e. The van der Waals surface area contributed by atoms with Crippen molar-refractivity contribution in [2.24, 2.45) is 0 Å². The molecule has 0 amide bonds. The van der Waals surface area contributed by atoms with Gasteiger partial charge in [0.25, 0.3) is 0 Å². The minimum atomic E-state index is 0.458. The molecule has 3 nitrogen and oxygen atoms in total. The molecule has 0 aliphatic heterocycles. The lowest BCUT2D eigenvalue weighted by Crippen LogP contribution is -2.44. The Bertz CT molecular complexity index is 597. The lowest BCUT2D eigenvalue weighted by atomic mass is 9.89. The Labute approximate surface area is 126 Å². The summed E-state index contributed by atoms with van der Waals surface area (Å²) >= 11 is 0. The van der Waals surface area contributed by atoms with Gasteiger partial charge in [0.1, 0.15) is 0 Å². The van der Waals surface area contributed by atoms with Crippen molar-refractivity contribution in [2.45, 2.75) is 45.4 Å². The van der Waals surface area contributed by atoms with E-state index < -0.39 is 0 Å². The molecule has 0 saturated heterocycles. The zero-order valence-corrected chi connectivity index (χ0v) is 13.1. The van der Waals surface area contributed by atoms with Crippen LogP contribution in [0.25, 0.3) is 5.69 Å². The number of aromatic nitrogens is 1. The lowest BCUT2D eigenvalue weighted by Gasteiger charge is -2.34. The van der Waals surface area contributed by atoms with Gasteiger partial charge in [-0.25, -0.2) is 0 Å². The van der Waals surface area contributed by atoms with Crippen LogP contribution in [-0.4, -0.2) is 23.8 Å². The molecule has 1 aromatic carbocycles. The van der Waals surface area contributed by atoms with Crippen LogP contribution >= 0.6 is 0 Å². The minimum Gasteiger partial charge on any atom is -0.381 e. The number of para-hydroxylation sites is 1. The average Bonchev–Trinajstić information content (AvgIpc) is 2.73. The number of aryl methyl sites for hydroxylation is 1. The van der Waals surface area contributed by atoms with Gasteiger partial charge in [0.2, 0.25) is 0 Å². The van der Waals surface area contributed by atoms with Crippen molar-refractivity contribution in [3.63, 3.8) is 0 Å². The summed E-state index contributed by atoms with van der Waals surface area (Å²) in [5, 5.41) is 3.64. The number of methoxy groups -OCH3 is 1. The van der Waals surface area contributed by atoms with Crippen LogP contribution < -0.4 is 5.32 Å². The quantitative estimate of drug-likeness (QED) is 0.911. The molecule has 0 radical (unpaired) electrons. The van der Waals surface area contributed by atoms with Gasteiger partial charge in [-0.15, -0.1) is 0 Å². The molecule has 1 heterocycles. The fraction of sp³-hybridized carbons (Fsp3) is 0.444. The van der Waals surface area contributed by atoms with E-state index >= 15 is 0 Å². The van der Waals surface area contributed by atoms with Crippen molar-refractivity contribution in [1.82, 2.24) is 9.88 Å². The molecule has 1 N–H and O–H groups in total. The molecule has 0 bridgehead atoms. The standard InChI is InChI=1S/C18H24N2O/c1-13-9-15(12-19-16-10-18(11-16)21-3)14(2)20(13)17-7-5-4-6-8-17/h4-9,16,18-19H,10-12H2,1-3H3. The van der Waals surface area contributed by atoms with Gasteiger partial charge in [-0.1, -0.05) is 18.2 Å². The summed E-state index contributed by atoms with van der Waals surface area (Å²) in [6.07, 6.45) is 2.72.